The molecule has 1 aliphatic rings. The maximum Gasteiger partial charge on any atom is 0.220 e. The number of hydrogen-bond donors (Lipinski definition) is 2. The molecule has 6 nitrogen and oxygen atoms in total. The molecule has 0 unspecified atom stereocenters. The Labute approximate surface area is 168 Å². The van der Waals surface area contributed by atoms with E-state index in [9.17, 15) is 0 Å². The Balaban J connectivity index is 1.99. The van der Waals surface area contributed by atoms with E-state index in [1.165, 1.54) is 18.4 Å². The lowest BCUT2D eigenvalue weighted by atomic mass is 9.95. The standard InChI is InChI=1S/C22H32N6/c1-16-5-7-18(8-6-16)20(24-2)21(19-9-12-25-22(23)26-19)28-13-10-17(11-14-28)15-27(3)4/h5-9,12,17,24H,10-11,13-15H2,1-4H3,(H2,23,25,26)/b21-20-. The summed E-state index contributed by atoms with van der Waals surface area (Å²) in [7, 11) is 6.27. The van der Waals surface area contributed by atoms with E-state index in [0.29, 0.717) is 5.95 Å². The van der Waals surface area contributed by atoms with Gasteiger partial charge >= 0.3 is 0 Å². The third-order valence-corrected chi connectivity index (χ3v) is 5.30. The number of benzene rings is 1. The number of aryl methyl sites for hydroxylation is 1. The van der Waals surface area contributed by atoms with E-state index in [1.807, 2.05) is 13.1 Å². The molecule has 0 spiro atoms. The molecule has 6 heteroatoms. The van der Waals surface area contributed by atoms with Crippen molar-refractivity contribution in [2.75, 3.05) is 46.5 Å². The molecule has 3 rings (SSSR count). The Bertz CT molecular complexity index is 804. The second-order valence-electron chi connectivity index (χ2n) is 7.83. The van der Waals surface area contributed by atoms with Crippen LogP contribution in [0.5, 0.6) is 0 Å². The van der Waals surface area contributed by atoms with E-state index < -0.39 is 0 Å². The van der Waals surface area contributed by atoms with E-state index in [2.05, 4.69) is 70.4 Å². The number of hydrogen-bond acceptors (Lipinski definition) is 6. The van der Waals surface area contributed by atoms with Crippen molar-refractivity contribution in [2.24, 2.45) is 5.92 Å². The van der Waals surface area contributed by atoms with Gasteiger partial charge in [-0.1, -0.05) is 29.8 Å². The predicted molar refractivity (Wildman–Crippen MR) is 116 cm³/mol. The number of anilines is 1. The number of nitrogen functional groups attached to an aromatic ring is 1. The highest BCUT2D eigenvalue weighted by Gasteiger charge is 2.25. The van der Waals surface area contributed by atoms with Gasteiger partial charge in [0.15, 0.2) is 0 Å². The maximum atomic E-state index is 5.91. The first kappa shape index (κ1) is 20.1. The van der Waals surface area contributed by atoms with Crippen LogP contribution in [0.2, 0.25) is 0 Å². The van der Waals surface area contributed by atoms with Crippen molar-refractivity contribution in [1.29, 1.82) is 0 Å². The molecule has 1 aromatic heterocycles. The molecule has 0 amide bonds. The molecular formula is C22H32N6. The SMILES string of the molecule is CN/C(=C(/c1ccnc(N)n1)N1CCC(CN(C)C)CC1)c1ccc(C)cc1. The lowest BCUT2D eigenvalue weighted by Gasteiger charge is -2.37. The maximum absolute atomic E-state index is 5.91. The summed E-state index contributed by atoms with van der Waals surface area (Å²) in [6.07, 6.45) is 4.08. The van der Waals surface area contributed by atoms with Gasteiger partial charge in [0.05, 0.1) is 17.1 Å². The van der Waals surface area contributed by atoms with Crippen LogP contribution in [-0.2, 0) is 0 Å². The molecular weight excluding hydrogens is 348 g/mol. The number of likely N-dealkylation sites (tertiary alicyclic amines) is 1. The minimum atomic E-state index is 0.303. The smallest absolute Gasteiger partial charge is 0.220 e. The first-order chi connectivity index (χ1) is 13.5. The molecule has 150 valence electrons. The van der Waals surface area contributed by atoms with Gasteiger partial charge in [-0.3, -0.25) is 0 Å². The van der Waals surface area contributed by atoms with Crippen molar-refractivity contribution in [3.05, 3.63) is 53.3 Å². The van der Waals surface area contributed by atoms with Gasteiger partial charge in [0.1, 0.15) is 0 Å². The fourth-order valence-corrected chi connectivity index (χ4v) is 3.93. The Kier molecular flexibility index (Phi) is 6.52. The van der Waals surface area contributed by atoms with E-state index in [1.54, 1.807) is 6.20 Å². The molecule has 2 heterocycles. The summed E-state index contributed by atoms with van der Waals surface area (Å²) in [5, 5.41) is 3.43. The third kappa shape index (κ3) is 4.81. The first-order valence-electron chi connectivity index (χ1n) is 9.95. The van der Waals surface area contributed by atoms with Gasteiger partial charge < -0.3 is 20.9 Å². The van der Waals surface area contributed by atoms with Crippen LogP contribution in [0.15, 0.2) is 36.5 Å². The molecule has 0 atom stereocenters. The predicted octanol–water partition coefficient (Wildman–Crippen LogP) is 2.69. The monoisotopic (exact) mass is 380 g/mol. The highest BCUT2D eigenvalue weighted by molar-refractivity contribution is 5.88. The summed E-state index contributed by atoms with van der Waals surface area (Å²) in [5.74, 6) is 1.04. The molecule has 0 radical (unpaired) electrons. The molecule has 1 fully saturated rings. The lowest BCUT2D eigenvalue weighted by Crippen LogP contribution is -2.37. The van der Waals surface area contributed by atoms with Crippen LogP contribution in [0.4, 0.5) is 5.95 Å². The molecule has 2 aromatic rings. The quantitative estimate of drug-likeness (QED) is 0.803. The number of nitrogens with zero attached hydrogens (tertiary/aromatic N) is 4. The fraction of sp³-hybridized carbons (Fsp3) is 0.455. The van der Waals surface area contributed by atoms with Gasteiger partial charge in [-0.2, -0.15) is 0 Å². The van der Waals surface area contributed by atoms with Gasteiger partial charge in [-0.15, -0.1) is 0 Å². The summed E-state index contributed by atoms with van der Waals surface area (Å²) in [6, 6.07) is 10.5. The van der Waals surface area contributed by atoms with Crippen molar-refractivity contribution in [3.63, 3.8) is 0 Å². The first-order valence-corrected chi connectivity index (χ1v) is 9.95. The van der Waals surface area contributed by atoms with Crippen LogP contribution in [-0.4, -0.2) is 60.5 Å². The number of rotatable bonds is 6. The second-order valence-corrected chi connectivity index (χ2v) is 7.83. The Morgan fingerprint density at radius 1 is 1.18 bits per heavy atom. The lowest BCUT2D eigenvalue weighted by molar-refractivity contribution is 0.212. The van der Waals surface area contributed by atoms with E-state index in [-0.39, 0.29) is 0 Å². The highest BCUT2D eigenvalue weighted by Crippen LogP contribution is 2.31. The van der Waals surface area contributed by atoms with Crippen LogP contribution in [0.25, 0.3) is 11.4 Å². The summed E-state index contributed by atoms with van der Waals surface area (Å²) < 4.78 is 0. The average Bonchev–Trinajstić information content (AvgIpc) is 2.67. The Hall–Kier alpha value is -2.60. The summed E-state index contributed by atoms with van der Waals surface area (Å²) >= 11 is 0. The average molecular weight is 381 g/mol. The minimum Gasteiger partial charge on any atom is -0.386 e. The summed E-state index contributed by atoms with van der Waals surface area (Å²) in [6.45, 7) is 5.27. The molecule has 0 bridgehead atoms. The second kappa shape index (κ2) is 9.06. The van der Waals surface area contributed by atoms with Gasteiger partial charge in [-0.25, -0.2) is 9.97 Å². The number of piperidine rings is 1. The van der Waals surface area contributed by atoms with E-state index in [4.69, 9.17) is 5.73 Å². The zero-order valence-electron chi connectivity index (χ0n) is 17.4. The van der Waals surface area contributed by atoms with Crippen LogP contribution < -0.4 is 11.1 Å². The molecule has 1 aliphatic heterocycles. The molecule has 3 N–H and O–H groups in total. The van der Waals surface area contributed by atoms with E-state index in [0.717, 1.165) is 48.2 Å². The van der Waals surface area contributed by atoms with Crippen molar-refractivity contribution in [1.82, 2.24) is 25.1 Å². The van der Waals surface area contributed by atoms with Gasteiger partial charge in [0, 0.05) is 32.9 Å². The van der Waals surface area contributed by atoms with Gasteiger partial charge in [0.25, 0.3) is 0 Å². The Morgan fingerprint density at radius 3 is 2.43 bits per heavy atom. The fourth-order valence-electron chi connectivity index (χ4n) is 3.93. The topological polar surface area (TPSA) is 70.3 Å². The van der Waals surface area contributed by atoms with Crippen molar-refractivity contribution < 1.29 is 0 Å². The van der Waals surface area contributed by atoms with Crippen LogP contribution in [0.3, 0.4) is 0 Å². The zero-order valence-corrected chi connectivity index (χ0v) is 17.4. The van der Waals surface area contributed by atoms with Crippen LogP contribution >= 0.6 is 0 Å². The third-order valence-electron chi connectivity index (χ3n) is 5.30. The van der Waals surface area contributed by atoms with Crippen LogP contribution in [0, 0.1) is 12.8 Å². The largest absolute Gasteiger partial charge is 0.386 e. The number of aromatic nitrogens is 2. The number of nitrogens with one attached hydrogen (secondary N) is 1. The molecule has 1 aromatic carbocycles. The zero-order chi connectivity index (χ0) is 20.1. The molecule has 0 aliphatic carbocycles. The van der Waals surface area contributed by atoms with Crippen molar-refractivity contribution in [3.8, 4) is 0 Å². The van der Waals surface area contributed by atoms with E-state index >= 15 is 0 Å². The molecule has 0 saturated carbocycles. The highest BCUT2D eigenvalue weighted by atomic mass is 15.2. The summed E-state index contributed by atoms with van der Waals surface area (Å²) in [4.78, 5) is 13.4. The number of nitrogens with two attached hydrogens (primary N) is 1. The minimum absolute atomic E-state index is 0.303. The normalized spacial score (nSPS) is 16.2. The van der Waals surface area contributed by atoms with Crippen molar-refractivity contribution >= 4 is 17.3 Å². The molecule has 28 heavy (non-hydrogen) atoms. The van der Waals surface area contributed by atoms with Crippen molar-refractivity contribution in [2.45, 2.75) is 19.8 Å². The summed E-state index contributed by atoms with van der Waals surface area (Å²) in [5.41, 5.74) is 11.3. The van der Waals surface area contributed by atoms with Gasteiger partial charge in [0.2, 0.25) is 5.95 Å². The van der Waals surface area contributed by atoms with Gasteiger partial charge in [-0.05, 0) is 51.4 Å². The Morgan fingerprint density at radius 2 is 1.86 bits per heavy atom. The molecule has 1 saturated heterocycles. The van der Waals surface area contributed by atoms with Crippen LogP contribution in [0.1, 0.15) is 29.7 Å².